The van der Waals surface area contributed by atoms with E-state index in [0.717, 1.165) is 31.0 Å². The minimum absolute atomic E-state index is 0.0870. The summed E-state index contributed by atoms with van der Waals surface area (Å²) in [6, 6.07) is 2.91. The molecule has 1 amide bonds. The average molecular weight is 286 g/mol. The van der Waals surface area contributed by atoms with Crippen molar-refractivity contribution in [2.24, 2.45) is 10.6 Å². The summed E-state index contributed by atoms with van der Waals surface area (Å²) in [5.41, 5.74) is -0.222. The molecular weight excluding hydrogens is 271 g/mol. The van der Waals surface area contributed by atoms with Crippen molar-refractivity contribution in [2.45, 2.75) is 24.7 Å². The van der Waals surface area contributed by atoms with E-state index in [4.69, 9.17) is 5.14 Å². The van der Waals surface area contributed by atoms with Crippen LogP contribution in [-0.2, 0) is 10.0 Å². The average Bonchev–Trinajstić information content (AvgIpc) is 3.04. The van der Waals surface area contributed by atoms with E-state index in [1.165, 1.54) is 0 Å². The predicted octanol–water partition coefficient (Wildman–Crippen LogP) is 1.00. The molecule has 104 valence electrons. The lowest BCUT2D eigenvalue weighted by atomic mass is 10.1. The van der Waals surface area contributed by atoms with Gasteiger partial charge >= 0.3 is 0 Å². The summed E-state index contributed by atoms with van der Waals surface area (Å²) in [5, 5.41) is 7.55. The van der Waals surface area contributed by atoms with Gasteiger partial charge in [-0.15, -0.1) is 0 Å². The summed E-state index contributed by atoms with van der Waals surface area (Å²) in [6.07, 6.45) is 2.04. The Labute approximate surface area is 111 Å². The molecule has 1 fully saturated rings. The minimum Gasteiger partial charge on any atom is -0.351 e. The van der Waals surface area contributed by atoms with Gasteiger partial charge in [-0.1, -0.05) is 6.92 Å². The Morgan fingerprint density at radius 2 is 2.11 bits per heavy atom. The van der Waals surface area contributed by atoms with Crippen molar-refractivity contribution in [3.63, 3.8) is 0 Å². The number of halogens is 1. The zero-order valence-electron chi connectivity index (χ0n) is 10.4. The molecule has 3 N–H and O–H groups in total. The van der Waals surface area contributed by atoms with Crippen LogP contribution in [-0.4, -0.2) is 20.9 Å². The molecule has 1 aliphatic carbocycles. The van der Waals surface area contributed by atoms with Crippen LogP contribution in [0.2, 0.25) is 0 Å². The number of hydrogen-bond donors (Lipinski definition) is 2. The van der Waals surface area contributed by atoms with Gasteiger partial charge in [0.25, 0.3) is 5.91 Å². The van der Waals surface area contributed by atoms with E-state index in [-0.39, 0.29) is 15.9 Å². The number of rotatable bonds is 4. The summed E-state index contributed by atoms with van der Waals surface area (Å²) in [5.74, 6) is -1.40. The highest BCUT2D eigenvalue weighted by molar-refractivity contribution is 7.89. The Balaban J connectivity index is 2.20. The highest BCUT2D eigenvalue weighted by atomic mass is 32.2. The van der Waals surface area contributed by atoms with Crippen LogP contribution in [0.15, 0.2) is 23.1 Å². The first-order valence-electron chi connectivity index (χ1n) is 5.82. The Morgan fingerprint density at radius 1 is 1.47 bits per heavy atom. The van der Waals surface area contributed by atoms with Gasteiger partial charge in [0.2, 0.25) is 10.0 Å². The molecule has 0 heterocycles. The second kappa shape index (κ2) is 4.57. The molecule has 0 radical (unpaired) electrons. The van der Waals surface area contributed by atoms with E-state index in [2.05, 4.69) is 5.32 Å². The number of primary sulfonamides is 1. The van der Waals surface area contributed by atoms with E-state index in [0.29, 0.717) is 6.54 Å². The van der Waals surface area contributed by atoms with Crippen LogP contribution < -0.4 is 10.5 Å². The van der Waals surface area contributed by atoms with Crippen molar-refractivity contribution < 1.29 is 17.6 Å². The first-order valence-corrected chi connectivity index (χ1v) is 7.36. The Hall–Kier alpha value is -1.47. The Morgan fingerprint density at radius 3 is 2.63 bits per heavy atom. The number of benzene rings is 1. The molecule has 0 bridgehead atoms. The Kier molecular flexibility index (Phi) is 3.36. The van der Waals surface area contributed by atoms with E-state index < -0.39 is 21.7 Å². The molecule has 0 spiro atoms. The van der Waals surface area contributed by atoms with Gasteiger partial charge in [-0.3, -0.25) is 4.79 Å². The van der Waals surface area contributed by atoms with Gasteiger partial charge < -0.3 is 5.32 Å². The topological polar surface area (TPSA) is 89.3 Å². The third kappa shape index (κ3) is 3.30. The van der Waals surface area contributed by atoms with E-state index in [1.54, 1.807) is 0 Å². The molecule has 0 atom stereocenters. The zero-order valence-corrected chi connectivity index (χ0v) is 11.3. The first-order chi connectivity index (χ1) is 8.71. The third-order valence-electron chi connectivity index (χ3n) is 3.29. The smallest absolute Gasteiger partial charge is 0.254 e. The molecule has 1 aliphatic rings. The summed E-state index contributed by atoms with van der Waals surface area (Å²) < 4.78 is 35.9. The standard InChI is InChI=1S/C12H15FN2O3S/c1-12(4-5-12)7-15-11(16)9-6-8(19(14,17)18)2-3-10(9)13/h2-3,6H,4-5,7H2,1H3,(H,15,16)(H2,14,17,18). The number of carbonyl (C=O) groups is 1. The fraction of sp³-hybridized carbons (Fsp3) is 0.417. The number of hydrogen-bond acceptors (Lipinski definition) is 3. The molecule has 1 aromatic carbocycles. The van der Waals surface area contributed by atoms with Crippen LogP contribution in [0.1, 0.15) is 30.1 Å². The van der Waals surface area contributed by atoms with Crippen molar-refractivity contribution in [1.29, 1.82) is 0 Å². The van der Waals surface area contributed by atoms with Gasteiger partial charge in [0.05, 0.1) is 10.5 Å². The SMILES string of the molecule is CC1(CNC(=O)c2cc(S(N)(=O)=O)ccc2F)CC1. The second-order valence-electron chi connectivity index (χ2n) is 5.18. The van der Waals surface area contributed by atoms with Crippen molar-refractivity contribution in [1.82, 2.24) is 5.32 Å². The fourth-order valence-electron chi connectivity index (χ4n) is 1.63. The van der Waals surface area contributed by atoms with Gasteiger partial charge in [-0.25, -0.2) is 17.9 Å². The quantitative estimate of drug-likeness (QED) is 0.865. The minimum atomic E-state index is -3.95. The lowest BCUT2D eigenvalue weighted by Gasteiger charge is -2.11. The lowest BCUT2D eigenvalue weighted by Crippen LogP contribution is -2.30. The van der Waals surface area contributed by atoms with Crippen LogP contribution in [0.5, 0.6) is 0 Å². The van der Waals surface area contributed by atoms with Crippen molar-refractivity contribution in [3.8, 4) is 0 Å². The molecule has 1 aromatic rings. The fourth-order valence-corrected chi connectivity index (χ4v) is 2.17. The molecule has 0 unspecified atom stereocenters. The van der Waals surface area contributed by atoms with Crippen LogP contribution >= 0.6 is 0 Å². The molecular formula is C12H15FN2O3S. The molecule has 19 heavy (non-hydrogen) atoms. The molecule has 5 nitrogen and oxygen atoms in total. The van der Waals surface area contributed by atoms with Gasteiger partial charge in [0.15, 0.2) is 0 Å². The number of sulfonamides is 1. The van der Waals surface area contributed by atoms with Crippen LogP contribution in [0, 0.1) is 11.2 Å². The van der Waals surface area contributed by atoms with Crippen LogP contribution in [0.4, 0.5) is 4.39 Å². The van der Waals surface area contributed by atoms with Crippen molar-refractivity contribution in [3.05, 3.63) is 29.6 Å². The number of nitrogens with one attached hydrogen (secondary N) is 1. The Bertz CT molecular complexity index is 624. The van der Waals surface area contributed by atoms with E-state index >= 15 is 0 Å². The van der Waals surface area contributed by atoms with E-state index in [1.807, 2.05) is 6.92 Å². The maximum atomic E-state index is 13.5. The lowest BCUT2D eigenvalue weighted by molar-refractivity contribution is 0.0942. The first kappa shape index (κ1) is 14.0. The van der Waals surface area contributed by atoms with Gasteiger partial charge in [-0.05, 0) is 36.5 Å². The monoisotopic (exact) mass is 286 g/mol. The summed E-state index contributed by atoms with van der Waals surface area (Å²) in [7, 11) is -3.95. The molecule has 1 saturated carbocycles. The summed E-state index contributed by atoms with van der Waals surface area (Å²) >= 11 is 0. The summed E-state index contributed by atoms with van der Waals surface area (Å²) in [4.78, 5) is 11.6. The number of amides is 1. The maximum Gasteiger partial charge on any atom is 0.254 e. The highest BCUT2D eigenvalue weighted by Crippen LogP contribution is 2.44. The highest BCUT2D eigenvalue weighted by Gasteiger charge is 2.37. The largest absolute Gasteiger partial charge is 0.351 e. The van der Waals surface area contributed by atoms with Gasteiger partial charge in [0.1, 0.15) is 5.82 Å². The zero-order chi connectivity index (χ0) is 14.3. The maximum absolute atomic E-state index is 13.5. The molecule has 0 aliphatic heterocycles. The van der Waals surface area contributed by atoms with Crippen LogP contribution in [0.25, 0.3) is 0 Å². The summed E-state index contributed by atoms with van der Waals surface area (Å²) in [6.45, 7) is 2.47. The molecule has 7 heteroatoms. The molecule has 0 saturated heterocycles. The molecule has 2 rings (SSSR count). The third-order valence-corrected chi connectivity index (χ3v) is 4.20. The normalized spacial score (nSPS) is 17.0. The van der Waals surface area contributed by atoms with E-state index in [9.17, 15) is 17.6 Å². The van der Waals surface area contributed by atoms with Crippen molar-refractivity contribution >= 4 is 15.9 Å². The van der Waals surface area contributed by atoms with Gasteiger partial charge in [-0.2, -0.15) is 0 Å². The second-order valence-corrected chi connectivity index (χ2v) is 6.74. The number of nitrogens with two attached hydrogens (primary N) is 1. The number of carbonyl (C=O) groups excluding carboxylic acids is 1. The molecule has 0 aromatic heterocycles. The predicted molar refractivity (Wildman–Crippen MR) is 67.4 cm³/mol. The van der Waals surface area contributed by atoms with Crippen LogP contribution in [0.3, 0.4) is 0 Å². The van der Waals surface area contributed by atoms with Gasteiger partial charge in [0, 0.05) is 6.54 Å². The van der Waals surface area contributed by atoms with Crippen molar-refractivity contribution in [2.75, 3.05) is 6.54 Å².